The van der Waals surface area contributed by atoms with Gasteiger partial charge in [-0.3, -0.25) is 0 Å². The van der Waals surface area contributed by atoms with Crippen molar-refractivity contribution in [3.05, 3.63) is 41.5 Å². The Morgan fingerprint density at radius 1 is 1.30 bits per heavy atom. The van der Waals surface area contributed by atoms with Crippen molar-refractivity contribution in [2.45, 2.75) is 39.4 Å². The van der Waals surface area contributed by atoms with E-state index >= 15 is 0 Å². The fraction of sp³-hybridized carbons (Fsp3) is 0.529. The molecule has 4 nitrogen and oxygen atoms in total. The van der Waals surface area contributed by atoms with Gasteiger partial charge in [0, 0.05) is 24.5 Å². The minimum atomic E-state index is -0.225. The second-order valence-corrected chi connectivity index (χ2v) is 7.21. The lowest BCUT2D eigenvalue weighted by atomic mass is 10.1. The zero-order valence-corrected chi connectivity index (χ0v) is 14.5. The molecule has 23 heavy (non-hydrogen) atoms. The van der Waals surface area contributed by atoms with E-state index in [1.54, 1.807) is 12.1 Å². The molecule has 0 radical (unpaired) electrons. The molecule has 0 bridgehead atoms. The third kappa shape index (κ3) is 4.06. The van der Waals surface area contributed by atoms with Crippen LogP contribution in [-0.2, 0) is 11.2 Å². The lowest BCUT2D eigenvalue weighted by Gasteiger charge is -2.36. The Morgan fingerprint density at radius 2 is 2.04 bits per heavy atom. The first-order valence-electron chi connectivity index (χ1n) is 7.99. The predicted octanol–water partition coefficient (Wildman–Crippen LogP) is 3.84. The first-order chi connectivity index (χ1) is 11.0. The molecular formula is C17H22FN3OS. The van der Waals surface area contributed by atoms with Crippen LogP contribution < -0.4 is 4.90 Å². The van der Waals surface area contributed by atoms with Gasteiger partial charge in [0.1, 0.15) is 17.7 Å². The van der Waals surface area contributed by atoms with Gasteiger partial charge in [0.05, 0.1) is 12.6 Å². The molecule has 0 saturated carbocycles. The maximum absolute atomic E-state index is 13.1. The quantitative estimate of drug-likeness (QED) is 0.851. The summed E-state index contributed by atoms with van der Waals surface area (Å²) < 4.78 is 23.6. The van der Waals surface area contributed by atoms with Crippen molar-refractivity contribution >= 4 is 16.7 Å². The van der Waals surface area contributed by atoms with E-state index in [1.807, 2.05) is 0 Å². The van der Waals surface area contributed by atoms with Crippen LogP contribution in [0.1, 0.15) is 38.3 Å². The van der Waals surface area contributed by atoms with Gasteiger partial charge in [0.2, 0.25) is 5.13 Å². The fourth-order valence-electron chi connectivity index (χ4n) is 2.79. The molecule has 2 aromatic rings. The highest BCUT2D eigenvalue weighted by Crippen LogP contribution is 2.29. The molecule has 2 unspecified atom stereocenters. The Bertz CT molecular complexity index is 644. The lowest BCUT2D eigenvalue weighted by molar-refractivity contribution is -0.0174. The molecule has 1 aromatic carbocycles. The van der Waals surface area contributed by atoms with E-state index in [2.05, 4.69) is 35.0 Å². The maximum Gasteiger partial charge on any atom is 0.205 e. The largest absolute Gasteiger partial charge is 0.367 e. The van der Waals surface area contributed by atoms with Crippen molar-refractivity contribution < 1.29 is 9.13 Å². The third-order valence-electron chi connectivity index (χ3n) is 3.82. The summed E-state index contributed by atoms with van der Waals surface area (Å²) in [6.45, 7) is 7.91. The van der Waals surface area contributed by atoms with E-state index in [-0.39, 0.29) is 18.0 Å². The molecule has 1 fully saturated rings. The molecule has 6 heteroatoms. The summed E-state index contributed by atoms with van der Waals surface area (Å²) in [7, 11) is 0. The van der Waals surface area contributed by atoms with Crippen LogP contribution in [0, 0.1) is 11.7 Å². The Morgan fingerprint density at radius 3 is 2.74 bits per heavy atom. The summed E-state index contributed by atoms with van der Waals surface area (Å²) in [5.41, 5.74) is 0.995. The predicted molar refractivity (Wildman–Crippen MR) is 90.4 cm³/mol. The van der Waals surface area contributed by atoms with Crippen molar-refractivity contribution in [1.29, 1.82) is 0 Å². The topological polar surface area (TPSA) is 38.2 Å². The Balaban J connectivity index is 1.75. The zero-order chi connectivity index (χ0) is 16.4. The smallest absolute Gasteiger partial charge is 0.205 e. The zero-order valence-electron chi connectivity index (χ0n) is 13.7. The van der Waals surface area contributed by atoms with Crippen molar-refractivity contribution in [3.8, 4) is 0 Å². The van der Waals surface area contributed by atoms with Gasteiger partial charge in [0.25, 0.3) is 0 Å². The molecule has 0 aliphatic carbocycles. The van der Waals surface area contributed by atoms with Gasteiger partial charge in [-0.25, -0.2) is 9.37 Å². The molecule has 2 atom stereocenters. The molecule has 1 aliphatic rings. The Hall–Kier alpha value is -1.53. The van der Waals surface area contributed by atoms with Crippen molar-refractivity contribution in [3.63, 3.8) is 0 Å². The molecular weight excluding hydrogens is 313 g/mol. The van der Waals surface area contributed by atoms with Crippen molar-refractivity contribution in [2.75, 3.05) is 18.0 Å². The van der Waals surface area contributed by atoms with Crippen LogP contribution in [0.3, 0.4) is 0 Å². The summed E-state index contributed by atoms with van der Waals surface area (Å²) in [5.74, 6) is 1.24. The van der Waals surface area contributed by atoms with Crippen molar-refractivity contribution in [1.82, 2.24) is 9.36 Å². The average molecular weight is 335 g/mol. The van der Waals surface area contributed by atoms with Crippen LogP contribution >= 0.6 is 11.5 Å². The monoisotopic (exact) mass is 335 g/mol. The highest BCUT2D eigenvalue weighted by molar-refractivity contribution is 7.09. The molecule has 2 heterocycles. The number of hydrogen-bond acceptors (Lipinski definition) is 5. The van der Waals surface area contributed by atoms with Gasteiger partial charge in [-0.2, -0.15) is 4.37 Å². The van der Waals surface area contributed by atoms with Gasteiger partial charge in [-0.1, -0.05) is 26.0 Å². The number of benzene rings is 1. The average Bonchev–Trinajstić information content (AvgIpc) is 2.95. The van der Waals surface area contributed by atoms with E-state index in [9.17, 15) is 4.39 Å². The molecule has 1 aromatic heterocycles. The van der Waals surface area contributed by atoms with Crippen LogP contribution in [0.5, 0.6) is 0 Å². The van der Waals surface area contributed by atoms with Gasteiger partial charge in [-0.15, -0.1) is 0 Å². The van der Waals surface area contributed by atoms with Crippen LogP contribution in [0.15, 0.2) is 24.3 Å². The second-order valence-electron chi connectivity index (χ2n) is 6.48. The first-order valence-corrected chi connectivity index (χ1v) is 8.77. The summed E-state index contributed by atoms with van der Waals surface area (Å²) in [4.78, 5) is 6.89. The van der Waals surface area contributed by atoms with E-state index < -0.39 is 0 Å². The van der Waals surface area contributed by atoms with Crippen LogP contribution in [-0.4, -0.2) is 28.6 Å². The highest BCUT2D eigenvalue weighted by atomic mass is 32.1. The van der Waals surface area contributed by atoms with Crippen LogP contribution in [0.4, 0.5) is 9.52 Å². The minimum absolute atomic E-state index is 0.0724. The second kappa shape index (κ2) is 6.93. The van der Waals surface area contributed by atoms with E-state index in [1.165, 1.54) is 23.7 Å². The van der Waals surface area contributed by atoms with E-state index in [0.29, 0.717) is 12.5 Å². The molecule has 1 aliphatic heterocycles. The summed E-state index contributed by atoms with van der Waals surface area (Å²) in [5, 5.41) is 0.947. The van der Waals surface area contributed by atoms with Crippen LogP contribution in [0.2, 0.25) is 0 Å². The number of rotatable bonds is 4. The van der Waals surface area contributed by atoms with E-state index in [4.69, 9.17) is 4.74 Å². The number of hydrogen-bond donors (Lipinski definition) is 0. The number of aromatic nitrogens is 2. The van der Waals surface area contributed by atoms with Crippen molar-refractivity contribution in [2.24, 2.45) is 5.92 Å². The number of anilines is 1. The molecule has 1 saturated heterocycles. The molecule has 0 spiro atoms. The number of morpholine rings is 1. The van der Waals surface area contributed by atoms with Gasteiger partial charge >= 0.3 is 0 Å². The van der Waals surface area contributed by atoms with Gasteiger partial charge in [-0.05, 0) is 30.5 Å². The highest BCUT2D eigenvalue weighted by Gasteiger charge is 2.28. The first kappa shape index (κ1) is 16.3. The SMILES string of the molecule is CC(C)Cc1nsc(N2CC(C)OC(c3ccc(F)cc3)C2)n1. The maximum atomic E-state index is 13.1. The molecule has 124 valence electrons. The Kier molecular flexibility index (Phi) is 4.92. The number of nitrogens with zero attached hydrogens (tertiary/aromatic N) is 3. The summed E-state index contributed by atoms with van der Waals surface area (Å²) in [6.07, 6.45) is 0.922. The van der Waals surface area contributed by atoms with E-state index in [0.717, 1.165) is 29.5 Å². The minimum Gasteiger partial charge on any atom is -0.367 e. The van der Waals surface area contributed by atoms with Crippen LogP contribution in [0.25, 0.3) is 0 Å². The summed E-state index contributed by atoms with van der Waals surface area (Å²) in [6, 6.07) is 6.54. The molecule has 0 N–H and O–H groups in total. The van der Waals surface area contributed by atoms with Gasteiger partial charge < -0.3 is 9.64 Å². The fourth-order valence-corrected chi connectivity index (χ4v) is 3.50. The Labute approximate surface area is 140 Å². The third-order valence-corrected chi connectivity index (χ3v) is 4.64. The molecule has 0 amide bonds. The van der Waals surface area contributed by atoms with Gasteiger partial charge in [0.15, 0.2) is 0 Å². The normalized spacial score (nSPS) is 21.9. The number of halogens is 1. The standard InChI is InChI=1S/C17H22FN3OS/c1-11(2)8-16-19-17(23-20-16)21-9-12(3)22-15(10-21)13-4-6-14(18)7-5-13/h4-7,11-12,15H,8-10H2,1-3H3. The number of ether oxygens (including phenoxy) is 1. The lowest BCUT2D eigenvalue weighted by Crippen LogP contribution is -2.42. The summed E-state index contributed by atoms with van der Waals surface area (Å²) >= 11 is 1.45. The molecule has 3 rings (SSSR count).